The zero-order chi connectivity index (χ0) is 32.5. The topological polar surface area (TPSA) is 117 Å². The normalized spacial score (nSPS) is 15.8. The molecule has 12 heteroatoms. The van der Waals surface area contributed by atoms with Crippen molar-refractivity contribution in [2.75, 3.05) is 13.7 Å². The van der Waals surface area contributed by atoms with Crippen molar-refractivity contribution in [3.63, 3.8) is 0 Å². The second-order valence-corrected chi connectivity index (χ2v) is 13.2. The van der Waals surface area contributed by atoms with Crippen LogP contribution >= 0.6 is 0 Å². The molecule has 4 N–H and O–H groups in total. The molecule has 244 valence electrons. The number of hydrogen-bond donors (Lipinski definition) is 4. The fourth-order valence-electron chi connectivity index (χ4n) is 5.56. The summed E-state index contributed by atoms with van der Waals surface area (Å²) in [5.74, 6) is 0.369. The van der Waals surface area contributed by atoms with E-state index in [2.05, 4.69) is 15.4 Å². The van der Waals surface area contributed by atoms with E-state index in [4.69, 9.17) is 4.74 Å². The van der Waals surface area contributed by atoms with Gasteiger partial charge in [-0.05, 0) is 59.9 Å². The van der Waals surface area contributed by atoms with E-state index in [1.165, 1.54) is 37.4 Å². The van der Waals surface area contributed by atoms with Crippen molar-refractivity contribution in [3.05, 3.63) is 95.1 Å². The van der Waals surface area contributed by atoms with Crippen molar-refractivity contribution in [1.29, 1.82) is 0 Å². The van der Waals surface area contributed by atoms with Crippen molar-refractivity contribution in [2.24, 2.45) is 5.92 Å². The molecule has 1 saturated carbocycles. The molecule has 1 aliphatic carbocycles. The first kappa shape index (κ1) is 34.4. The van der Waals surface area contributed by atoms with Crippen molar-refractivity contribution < 1.29 is 36.2 Å². The Labute approximate surface area is 262 Å². The van der Waals surface area contributed by atoms with E-state index < -0.39 is 39.8 Å². The van der Waals surface area contributed by atoms with Gasteiger partial charge in [-0.2, -0.15) is 13.2 Å². The Kier molecular flexibility index (Phi) is 12.0. The first-order chi connectivity index (χ1) is 21.4. The highest BCUT2D eigenvalue weighted by atomic mass is 32.2. The number of aliphatic hydroxyl groups excluding tert-OH is 1. The highest BCUT2D eigenvalue weighted by molar-refractivity contribution is 7.89. The number of amides is 1. The third-order valence-electron chi connectivity index (χ3n) is 8.04. The van der Waals surface area contributed by atoms with Crippen LogP contribution in [0, 0.1) is 5.92 Å². The van der Waals surface area contributed by atoms with E-state index in [-0.39, 0.29) is 30.1 Å². The number of benzene rings is 3. The average molecular weight is 648 g/mol. The number of carbonyl (C=O) groups is 1. The molecule has 1 amide bonds. The zero-order valence-corrected chi connectivity index (χ0v) is 26.0. The molecule has 0 saturated heterocycles. The number of rotatable bonds is 14. The lowest BCUT2D eigenvalue weighted by Crippen LogP contribution is -2.48. The van der Waals surface area contributed by atoms with Gasteiger partial charge in [-0.15, -0.1) is 0 Å². The van der Waals surface area contributed by atoms with Gasteiger partial charge in [-0.3, -0.25) is 4.79 Å². The Morgan fingerprint density at radius 2 is 1.64 bits per heavy atom. The second-order valence-electron chi connectivity index (χ2n) is 11.4. The van der Waals surface area contributed by atoms with Gasteiger partial charge >= 0.3 is 6.18 Å². The number of sulfonamides is 1. The van der Waals surface area contributed by atoms with Crippen LogP contribution in [0.1, 0.15) is 65.6 Å². The van der Waals surface area contributed by atoms with Crippen LogP contribution in [-0.4, -0.2) is 45.2 Å². The first-order valence-corrected chi connectivity index (χ1v) is 16.5. The molecule has 0 heterocycles. The third-order valence-corrected chi connectivity index (χ3v) is 9.44. The number of alkyl halides is 3. The lowest BCUT2D eigenvalue weighted by atomic mass is 9.83. The summed E-state index contributed by atoms with van der Waals surface area (Å²) < 4.78 is 73.1. The van der Waals surface area contributed by atoms with Crippen LogP contribution in [0.2, 0.25) is 0 Å². The smallest absolute Gasteiger partial charge is 0.416 e. The molecule has 0 aromatic heterocycles. The summed E-state index contributed by atoms with van der Waals surface area (Å²) in [4.78, 5) is 13.3. The highest BCUT2D eigenvalue weighted by Crippen LogP contribution is 2.30. The lowest BCUT2D eigenvalue weighted by molar-refractivity contribution is -0.137. The fourth-order valence-corrected chi connectivity index (χ4v) is 6.62. The van der Waals surface area contributed by atoms with Crippen LogP contribution in [0.5, 0.6) is 5.75 Å². The Bertz CT molecular complexity index is 1530. The molecule has 1 aliphatic rings. The van der Waals surface area contributed by atoms with Gasteiger partial charge in [0.2, 0.25) is 10.0 Å². The summed E-state index contributed by atoms with van der Waals surface area (Å²) in [5.41, 5.74) is 0.498. The van der Waals surface area contributed by atoms with Crippen LogP contribution in [0.4, 0.5) is 13.2 Å². The standard InChI is InChI=1S/C33H40F3N3O5S/c1-44-28-14-6-11-25(17-28)21-38-45(42,43)29-15-7-12-26(19-29)32(41)39-30(18-23-8-3-2-4-9-23)31(40)22-37-20-24-10-5-13-27(16-24)33(34,35)36/h5-7,10-17,19,23,30-31,37-38,40H,2-4,8-9,18,20-22H2,1H3,(H,39,41)/t30-,31-/m0/s1. The summed E-state index contributed by atoms with van der Waals surface area (Å²) in [6.07, 6.45) is 0.272. The minimum atomic E-state index is -4.45. The summed E-state index contributed by atoms with van der Waals surface area (Å²) in [6.45, 7) is 0.170. The summed E-state index contributed by atoms with van der Waals surface area (Å²) in [6, 6.07) is 17.0. The average Bonchev–Trinajstić information content (AvgIpc) is 3.04. The van der Waals surface area contributed by atoms with Crippen LogP contribution in [0.15, 0.2) is 77.7 Å². The van der Waals surface area contributed by atoms with Crippen molar-refractivity contribution >= 4 is 15.9 Å². The predicted molar refractivity (Wildman–Crippen MR) is 165 cm³/mol. The predicted octanol–water partition coefficient (Wildman–Crippen LogP) is 5.41. The third kappa shape index (κ3) is 10.3. The van der Waals surface area contributed by atoms with E-state index >= 15 is 0 Å². The van der Waals surface area contributed by atoms with Gasteiger partial charge in [-0.1, -0.05) is 68.5 Å². The lowest BCUT2D eigenvalue weighted by Gasteiger charge is -2.30. The number of hydrogen-bond acceptors (Lipinski definition) is 6. The Morgan fingerprint density at radius 3 is 2.36 bits per heavy atom. The molecule has 0 aliphatic heterocycles. The van der Waals surface area contributed by atoms with E-state index in [1.54, 1.807) is 30.3 Å². The van der Waals surface area contributed by atoms with Gasteiger partial charge in [0, 0.05) is 25.2 Å². The maximum absolute atomic E-state index is 13.4. The maximum atomic E-state index is 13.4. The molecule has 0 spiro atoms. The van der Waals surface area contributed by atoms with Gasteiger partial charge in [0.15, 0.2) is 0 Å². The quantitative estimate of drug-likeness (QED) is 0.186. The number of carbonyl (C=O) groups excluding carboxylic acids is 1. The van der Waals surface area contributed by atoms with Crippen molar-refractivity contribution in [2.45, 2.75) is 74.8 Å². The van der Waals surface area contributed by atoms with Gasteiger partial charge in [0.1, 0.15) is 5.75 Å². The molecular formula is C33H40F3N3O5S. The minimum Gasteiger partial charge on any atom is -0.497 e. The van der Waals surface area contributed by atoms with Gasteiger partial charge in [-0.25, -0.2) is 13.1 Å². The van der Waals surface area contributed by atoms with Crippen molar-refractivity contribution in [1.82, 2.24) is 15.4 Å². The Balaban J connectivity index is 1.41. The Morgan fingerprint density at radius 1 is 0.956 bits per heavy atom. The molecule has 1 fully saturated rings. The van der Waals surface area contributed by atoms with E-state index in [0.29, 0.717) is 29.2 Å². The fraction of sp³-hybridized carbons (Fsp3) is 0.424. The number of ether oxygens (including phenoxy) is 1. The molecule has 2 atom stereocenters. The number of methoxy groups -OCH3 is 1. The van der Waals surface area contributed by atoms with Crippen LogP contribution < -0.4 is 20.1 Å². The highest BCUT2D eigenvalue weighted by Gasteiger charge is 2.30. The van der Waals surface area contributed by atoms with Crippen LogP contribution in [0.25, 0.3) is 0 Å². The molecule has 3 aromatic rings. The van der Waals surface area contributed by atoms with Crippen LogP contribution in [-0.2, 0) is 29.3 Å². The summed E-state index contributed by atoms with van der Waals surface area (Å²) >= 11 is 0. The number of halogens is 3. The summed E-state index contributed by atoms with van der Waals surface area (Å²) in [5, 5.41) is 17.0. The molecule has 4 rings (SSSR count). The van der Waals surface area contributed by atoms with Gasteiger partial charge in [0.25, 0.3) is 5.91 Å². The van der Waals surface area contributed by atoms with E-state index in [0.717, 1.165) is 44.2 Å². The van der Waals surface area contributed by atoms with Gasteiger partial charge in [0.05, 0.1) is 29.7 Å². The van der Waals surface area contributed by atoms with Crippen LogP contribution in [0.3, 0.4) is 0 Å². The Hall–Kier alpha value is -3.45. The molecular weight excluding hydrogens is 607 g/mol. The molecule has 0 radical (unpaired) electrons. The zero-order valence-electron chi connectivity index (χ0n) is 25.1. The van der Waals surface area contributed by atoms with E-state index in [1.807, 2.05) is 0 Å². The summed E-state index contributed by atoms with van der Waals surface area (Å²) in [7, 11) is -2.43. The largest absolute Gasteiger partial charge is 0.497 e. The monoisotopic (exact) mass is 647 g/mol. The number of aliphatic hydroxyl groups is 1. The SMILES string of the molecule is COc1cccc(CNS(=O)(=O)c2cccc(C(=O)N[C@@H](CC3CCCCC3)[C@@H](O)CNCc3cccc(C(F)(F)F)c3)c2)c1. The molecule has 8 nitrogen and oxygen atoms in total. The van der Waals surface area contributed by atoms with Crippen molar-refractivity contribution in [3.8, 4) is 5.75 Å². The molecule has 0 unspecified atom stereocenters. The molecule has 0 bridgehead atoms. The first-order valence-electron chi connectivity index (χ1n) is 15.0. The molecule has 45 heavy (non-hydrogen) atoms. The minimum absolute atomic E-state index is 0.0269. The van der Waals surface area contributed by atoms with E-state index in [9.17, 15) is 31.5 Å². The van der Waals surface area contributed by atoms with Gasteiger partial charge < -0.3 is 20.5 Å². The molecule has 3 aromatic carbocycles. The number of nitrogens with one attached hydrogen (secondary N) is 3. The maximum Gasteiger partial charge on any atom is 0.416 e. The second kappa shape index (κ2) is 15.7.